The van der Waals surface area contributed by atoms with Gasteiger partial charge in [-0.1, -0.05) is 30.3 Å². The molecule has 0 aromatic heterocycles. The lowest BCUT2D eigenvalue weighted by atomic mass is 10.1. The van der Waals surface area contributed by atoms with Gasteiger partial charge >= 0.3 is 0 Å². The Morgan fingerprint density at radius 2 is 1.55 bits per heavy atom. The third kappa shape index (κ3) is 1.80. The number of hydrogen-bond acceptors (Lipinski definition) is 4. The van der Waals surface area contributed by atoms with Crippen molar-refractivity contribution in [1.82, 2.24) is 4.98 Å². The quantitative estimate of drug-likeness (QED) is 0.495. The molecule has 5 nitrogen and oxygen atoms in total. The SMILES string of the molecule is Oc1cc(Cc2ccccc2)[nH]c2c(O)c(O)c(O)c1-2. The molecule has 0 radical (unpaired) electrons. The first-order chi connectivity index (χ1) is 9.58. The van der Waals surface area contributed by atoms with Crippen molar-refractivity contribution in [2.24, 2.45) is 0 Å². The van der Waals surface area contributed by atoms with Crippen LogP contribution in [0, 0.1) is 0 Å². The Kier molecular flexibility index (Phi) is 2.68. The summed E-state index contributed by atoms with van der Waals surface area (Å²) in [5.74, 6) is -1.83. The van der Waals surface area contributed by atoms with Crippen LogP contribution in [0.25, 0.3) is 11.3 Å². The zero-order valence-electron chi connectivity index (χ0n) is 10.5. The molecule has 0 bridgehead atoms. The fraction of sp³-hybridized carbons (Fsp3) is 0.0667. The maximum atomic E-state index is 9.95. The molecule has 1 aromatic carbocycles. The molecule has 0 amide bonds. The molecule has 1 aliphatic carbocycles. The summed E-state index contributed by atoms with van der Waals surface area (Å²) in [6, 6.07) is 11.1. The highest BCUT2D eigenvalue weighted by atomic mass is 16.3. The molecule has 1 aliphatic heterocycles. The molecule has 0 atom stereocenters. The maximum Gasteiger partial charge on any atom is 0.203 e. The van der Waals surface area contributed by atoms with Gasteiger partial charge in [-0.2, -0.15) is 0 Å². The molecule has 1 heterocycles. The number of hydrogen-bond donors (Lipinski definition) is 5. The summed E-state index contributed by atoms with van der Waals surface area (Å²) in [6.07, 6.45) is 0.524. The zero-order chi connectivity index (χ0) is 14.3. The average Bonchev–Trinajstić information content (AvgIpc) is 2.65. The minimum absolute atomic E-state index is 0.0109. The number of aromatic amines is 1. The summed E-state index contributed by atoms with van der Waals surface area (Å²) in [7, 11) is 0. The topological polar surface area (TPSA) is 96.7 Å². The van der Waals surface area contributed by atoms with Crippen LogP contribution in [0.1, 0.15) is 11.3 Å². The van der Waals surface area contributed by atoms with Crippen LogP contribution >= 0.6 is 0 Å². The Bertz CT molecular complexity index is 734. The summed E-state index contributed by atoms with van der Waals surface area (Å²) in [5.41, 5.74) is 1.81. The van der Waals surface area contributed by atoms with E-state index in [1.54, 1.807) is 0 Å². The minimum atomic E-state index is -0.636. The van der Waals surface area contributed by atoms with Crippen LogP contribution in [0.4, 0.5) is 0 Å². The van der Waals surface area contributed by atoms with E-state index in [0.29, 0.717) is 12.1 Å². The van der Waals surface area contributed by atoms with Gasteiger partial charge in [-0.15, -0.1) is 0 Å². The monoisotopic (exact) mass is 271 g/mol. The van der Waals surface area contributed by atoms with Gasteiger partial charge in [0.1, 0.15) is 5.75 Å². The van der Waals surface area contributed by atoms with E-state index in [4.69, 9.17) is 0 Å². The molecule has 0 saturated heterocycles. The Labute approximate surface area is 114 Å². The number of H-pyrrole nitrogens is 1. The van der Waals surface area contributed by atoms with Crippen LogP contribution < -0.4 is 0 Å². The number of fused-ring (bicyclic) bond motifs is 1. The van der Waals surface area contributed by atoms with Crippen LogP contribution in [0.15, 0.2) is 36.4 Å². The largest absolute Gasteiger partial charge is 0.507 e. The van der Waals surface area contributed by atoms with E-state index in [0.717, 1.165) is 5.56 Å². The van der Waals surface area contributed by atoms with Crippen molar-refractivity contribution in [2.75, 3.05) is 0 Å². The van der Waals surface area contributed by atoms with E-state index in [1.807, 2.05) is 30.3 Å². The van der Waals surface area contributed by atoms with Gasteiger partial charge in [-0.25, -0.2) is 0 Å². The van der Waals surface area contributed by atoms with Gasteiger partial charge in [0.2, 0.25) is 5.75 Å². The molecular weight excluding hydrogens is 258 g/mol. The van der Waals surface area contributed by atoms with Gasteiger partial charge in [0.05, 0.1) is 11.3 Å². The van der Waals surface area contributed by atoms with Crippen LogP contribution in [0.2, 0.25) is 0 Å². The maximum absolute atomic E-state index is 9.95. The van der Waals surface area contributed by atoms with E-state index in [9.17, 15) is 20.4 Å². The van der Waals surface area contributed by atoms with Crippen LogP contribution in [-0.4, -0.2) is 25.4 Å². The van der Waals surface area contributed by atoms with Gasteiger partial charge in [0, 0.05) is 18.2 Å². The van der Waals surface area contributed by atoms with Crippen molar-refractivity contribution in [3.8, 4) is 34.3 Å². The zero-order valence-corrected chi connectivity index (χ0v) is 10.5. The number of nitrogens with one attached hydrogen (secondary N) is 1. The lowest BCUT2D eigenvalue weighted by molar-refractivity contribution is 0.377. The third-order valence-electron chi connectivity index (χ3n) is 3.26. The van der Waals surface area contributed by atoms with Crippen molar-refractivity contribution in [1.29, 1.82) is 0 Å². The molecule has 3 rings (SSSR count). The first kappa shape index (κ1) is 12.2. The third-order valence-corrected chi connectivity index (χ3v) is 3.26. The van der Waals surface area contributed by atoms with E-state index >= 15 is 0 Å². The molecule has 0 unspecified atom stereocenters. The van der Waals surface area contributed by atoms with Crippen molar-refractivity contribution in [3.63, 3.8) is 0 Å². The summed E-state index contributed by atoms with van der Waals surface area (Å²) in [4.78, 5) is 2.92. The number of benzene rings is 1. The highest BCUT2D eigenvalue weighted by molar-refractivity contribution is 5.87. The van der Waals surface area contributed by atoms with Crippen LogP contribution in [0.3, 0.4) is 0 Å². The Morgan fingerprint density at radius 1 is 0.850 bits per heavy atom. The predicted molar refractivity (Wildman–Crippen MR) is 73.3 cm³/mol. The molecular formula is C15H13NO4. The van der Waals surface area contributed by atoms with E-state index in [2.05, 4.69) is 4.98 Å². The Balaban J connectivity index is 2.10. The van der Waals surface area contributed by atoms with Gasteiger partial charge in [-0.3, -0.25) is 0 Å². The molecule has 2 aliphatic rings. The van der Waals surface area contributed by atoms with Crippen molar-refractivity contribution < 1.29 is 20.4 Å². The van der Waals surface area contributed by atoms with Crippen LogP contribution in [0.5, 0.6) is 23.0 Å². The molecule has 1 aromatic rings. The fourth-order valence-electron chi connectivity index (χ4n) is 2.30. The summed E-state index contributed by atoms with van der Waals surface area (Å²) >= 11 is 0. The first-order valence-corrected chi connectivity index (χ1v) is 6.09. The Morgan fingerprint density at radius 3 is 2.25 bits per heavy atom. The Hall–Kier alpha value is -2.82. The second-order valence-electron chi connectivity index (χ2n) is 4.64. The van der Waals surface area contributed by atoms with E-state index < -0.39 is 17.2 Å². The lowest BCUT2D eigenvalue weighted by Gasteiger charge is -2.09. The normalized spacial score (nSPS) is 11.0. The highest BCUT2D eigenvalue weighted by Gasteiger charge is 2.27. The standard InChI is InChI=1S/C15H13NO4/c17-10-7-9(6-8-4-2-1-3-5-8)16-12-11(10)13(18)15(20)14(12)19/h1-5,7,16-20H,6H2. The van der Waals surface area contributed by atoms with Gasteiger partial charge < -0.3 is 25.4 Å². The van der Waals surface area contributed by atoms with Gasteiger partial charge in [-0.05, 0) is 5.56 Å². The molecule has 20 heavy (non-hydrogen) atoms. The summed E-state index contributed by atoms with van der Waals surface area (Å²) < 4.78 is 0. The molecule has 0 fully saturated rings. The number of aromatic nitrogens is 1. The van der Waals surface area contributed by atoms with Gasteiger partial charge in [0.15, 0.2) is 11.5 Å². The molecule has 102 valence electrons. The minimum Gasteiger partial charge on any atom is -0.507 e. The molecule has 0 saturated carbocycles. The van der Waals surface area contributed by atoms with Crippen LogP contribution in [-0.2, 0) is 6.42 Å². The predicted octanol–water partition coefficient (Wildman–Crippen LogP) is 2.53. The number of rotatable bonds is 2. The highest BCUT2D eigenvalue weighted by Crippen LogP contribution is 2.53. The van der Waals surface area contributed by atoms with E-state index in [-0.39, 0.29) is 17.0 Å². The second kappa shape index (κ2) is 4.38. The number of aromatic hydroxyl groups is 4. The summed E-state index contributed by atoms with van der Waals surface area (Å²) in [5, 5.41) is 38.8. The second-order valence-corrected chi connectivity index (χ2v) is 4.64. The number of pyridine rings is 1. The summed E-state index contributed by atoms with van der Waals surface area (Å²) in [6.45, 7) is 0. The van der Waals surface area contributed by atoms with Crippen molar-refractivity contribution in [2.45, 2.75) is 6.42 Å². The van der Waals surface area contributed by atoms with Crippen molar-refractivity contribution in [3.05, 3.63) is 47.7 Å². The smallest absolute Gasteiger partial charge is 0.203 e. The first-order valence-electron chi connectivity index (χ1n) is 6.09. The molecule has 5 N–H and O–H groups in total. The molecule has 5 heteroatoms. The fourth-order valence-corrected chi connectivity index (χ4v) is 2.30. The van der Waals surface area contributed by atoms with Crippen molar-refractivity contribution >= 4 is 0 Å². The lowest BCUT2D eigenvalue weighted by Crippen LogP contribution is -1.94. The molecule has 0 spiro atoms. The average molecular weight is 271 g/mol. The van der Waals surface area contributed by atoms with Gasteiger partial charge in [0.25, 0.3) is 0 Å². The van der Waals surface area contributed by atoms with E-state index in [1.165, 1.54) is 6.07 Å².